The van der Waals surface area contributed by atoms with E-state index in [2.05, 4.69) is 16.4 Å². The molecule has 0 spiro atoms. The van der Waals surface area contributed by atoms with Crippen LogP contribution in [-0.2, 0) is 16.0 Å². The van der Waals surface area contributed by atoms with Gasteiger partial charge in [0.1, 0.15) is 6.04 Å². The molecule has 0 saturated carbocycles. The number of nitrogens with zero attached hydrogens (tertiary/aromatic N) is 2. The SMILES string of the molecule is Cc1ccc(N2C(=S)N(CCc3c[nH]c4ccccc34)C(=O)C2CC(=O)Nc2ccccc2)cc1. The van der Waals surface area contributed by atoms with E-state index < -0.39 is 6.04 Å². The summed E-state index contributed by atoms with van der Waals surface area (Å²) in [7, 11) is 0. The van der Waals surface area contributed by atoms with Crippen molar-refractivity contribution in [1.82, 2.24) is 9.88 Å². The predicted octanol–water partition coefficient (Wildman–Crippen LogP) is 5.05. The lowest BCUT2D eigenvalue weighted by Gasteiger charge is -2.24. The number of thiocarbonyl (C=S) groups is 1. The first-order valence-electron chi connectivity index (χ1n) is 11.6. The van der Waals surface area contributed by atoms with Crippen LogP contribution in [0.2, 0.25) is 0 Å². The van der Waals surface area contributed by atoms with Crippen molar-refractivity contribution in [2.24, 2.45) is 0 Å². The highest BCUT2D eigenvalue weighted by atomic mass is 32.1. The van der Waals surface area contributed by atoms with Gasteiger partial charge >= 0.3 is 0 Å². The van der Waals surface area contributed by atoms with E-state index in [-0.39, 0.29) is 18.2 Å². The van der Waals surface area contributed by atoms with Crippen LogP contribution in [0.5, 0.6) is 0 Å². The summed E-state index contributed by atoms with van der Waals surface area (Å²) in [6, 6.07) is 24.5. The third kappa shape index (κ3) is 4.68. The third-order valence-electron chi connectivity index (χ3n) is 6.33. The number of benzene rings is 3. The fourth-order valence-electron chi connectivity index (χ4n) is 4.51. The van der Waals surface area contributed by atoms with Gasteiger partial charge in [0.25, 0.3) is 5.91 Å². The molecule has 1 aliphatic rings. The second-order valence-corrected chi connectivity index (χ2v) is 9.09. The molecule has 3 aromatic carbocycles. The van der Waals surface area contributed by atoms with Crippen molar-refractivity contribution < 1.29 is 9.59 Å². The molecule has 7 heteroatoms. The van der Waals surface area contributed by atoms with Gasteiger partial charge in [-0.3, -0.25) is 14.5 Å². The largest absolute Gasteiger partial charge is 0.361 e. The Balaban J connectivity index is 1.38. The topological polar surface area (TPSA) is 68.4 Å². The van der Waals surface area contributed by atoms with Crippen LogP contribution in [0.3, 0.4) is 0 Å². The zero-order valence-corrected chi connectivity index (χ0v) is 20.2. The second-order valence-electron chi connectivity index (χ2n) is 8.72. The molecule has 2 heterocycles. The highest BCUT2D eigenvalue weighted by Crippen LogP contribution is 2.29. The monoisotopic (exact) mass is 482 g/mol. The van der Waals surface area contributed by atoms with Crippen molar-refractivity contribution in [2.75, 3.05) is 16.8 Å². The van der Waals surface area contributed by atoms with Gasteiger partial charge in [-0.2, -0.15) is 0 Å². The normalized spacial score (nSPS) is 15.7. The molecule has 1 aliphatic heterocycles. The fraction of sp³-hybridized carbons (Fsp3) is 0.179. The predicted molar refractivity (Wildman–Crippen MR) is 143 cm³/mol. The van der Waals surface area contributed by atoms with E-state index in [1.807, 2.05) is 90.8 Å². The number of H-pyrrole nitrogens is 1. The van der Waals surface area contributed by atoms with Crippen LogP contribution in [0.4, 0.5) is 11.4 Å². The van der Waals surface area contributed by atoms with Crippen LogP contribution in [-0.4, -0.2) is 39.4 Å². The average Bonchev–Trinajstić information content (AvgIpc) is 3.37. The number of aromatic amines is 1. The first-order chi connectivity index (χ1) is 17.0. The van der Waals surface area contributed by atoms with E-state index in [9.17, 15) is 9.59 Å². The first-order valence-corrected chi connectivity index (χ1v) is 12.0. The average molecular weight is 483 g/mol. The van der Waals surface area contributed by atoms with Gasteiger partial charge in [0, 0.05) is 35.0 Å². The Labute approximate surface area is 209 Å². The van der Waals surface area contributed by atoms with Crippen LogP contribution in [0, 0.1) is 6.92 Å². The first kappa shape index (κ1) is 22.8. The van der Waals surface area contributed by atoms with Gasteiger partial charge in [-0.1, -0.05) is 54.1 Å². The highest BCUT2D eigenvalue weighted by Gasteiger charge is 2.44. The molecule has 1 fully saturated rings. The van der Waals surface area contributed by atoms with Gasteiger partial charge in [-0.25, -0.2) is 0 Å². The van der Waals surface area contributed by atoms with E-state index in [4.69, 9.17) is 12.2 Å². The van der Waals surface area contributed by atoms with Crippen molar-refractivity contribution >= 4 is 51.4 Å². The van der Waals surface area contributed by atoms with Gasteiger partial charge in [0.2, 0.25) is 5.91 Å². The molecule has 1 unspecified atom stereocenters. The van der Waals surface area contributed by atoms with Crippen LogP contribution >= 0.6 is 12.2 Å². The van der Waals surface area contributed by atoms with Gasteiger partial charge in [-0.05, 0) is 61.5 Å². The number of fused-ring (bicyclic) bond motifs is 1. The van der Waals surface area contributed by atoms with Crippen LogP contribution in [0.15, 0.2) is 85.1 Å². The van der Waals surface area contributed by atoms with Crippen molar-refractivity contribution in [3.8, 4) is 0 Å². The maximum atomic E-state index is 13.6. The molecular formula is C28H26N4O2S. The Morgan fingerprint density at radius 3 is 2.49 bits per heavy atom. The summed E-state index contributed by atoms with van der Waals surface area (Å²) < 4.78 is 0. The molecule has 5 rings (SSSR count). The molecule has 1 atom stereocenters. The maximum absolute atomic E-state index is 13.6. The number of aromatic nitrogens is 1. The zero-order chi connectivity index (χ0) is 24.4. The summed E-state index contributed by atoms with van der Waals surface area (Å²) in [6.45, 7) is 2.45. The second kappa shape index (κ2) is 9.72. The smallest absolute Gasteiger partial charge is 0.252 e. The van der Waals surface area contributed by atoms with Crippen molar-refractivity contribution in [3.05, 3.63) is 96.2 Å². The van der Waals surface area contributed by atoms with Crippen LogP contribution in [0.1, 0.15) is 17.5 Å². The Kier molecular flexibility index (Phi) is 6.33. The maximum Gasteiger partial charge on any atom is 0.252 e. The van der Waals surface area contributed by atoms with E-state index in [1.165, 1.54) is 0 Å². The Bertz CT molecular complexity index is 1380. The number of amides is 2. The lowest BCUT2D eigenvalue weighted by molar-refractivity contribution is -0.129. The number of para-hydroxylation sites is 2. The van der Waals surface area contributed by atoms with E-state index in [0.29, 0.717) is 23.8 Å². The lowest BCUT2D eigenvalue weighted by atomic mass is 10.1. The molecular weight excluding hydrogens is 456 g/mol. The number of rotatable bonds is 7. The fourth-order valence-corrected chi connectivity index (χ4v) is 4.92. The molecule has 0 aliphatic carbocycles. The Morgan fingerprint density at radius 2 is 1.71 bits per heavy atom. The van der Waals surface area contributed by atoms with Gasteiger partial charge in [0.15, 0.2) is 5.11 Å². The van der Waals surface area contributed by atoms with Crippen molar-refractivity contribution in [1.29, 1.82) is 0 Å². The number of hydrogen-bond acceptors (Lipinski definition) is 3. The van der Waals surface area contributed by atoms with Crippen LogP contribution < -0.4 is 10.2 Å². The zero-order valence-electron chi connectivity index (χ0n) is 19.4. The minimum absolute atomic E-state index is 0.00529. The minimum atomic E-state index is -0.697. The van der Waals surface area contributed by atoms with E-state index >= 15 is 0 Å². The Morgan fingerprint density at radius 1 is 1.00 bits per heavy atom. The van der Waals surface area contributed by atoms with Crippen LogP contribution in [0.25, 0.3) is 10.9 Å². The van der Waals surface area contributed by atoms with E-state index in [1.54, 1.807) is 4.90 Å². The molecule has 176 valence electrons. The number of carbonyl (C=O) groups is 2. The molecule has 0 radical (unpaired) electrons. The summed E-state index contributed by atoms with van der Waals surface area (Å²) in [6.07, 6.45) is 2.64. The standard InChI is InChI=1S/C28H26N4O2S/c1-19-11-13-22(14-12-19)32-25(17-26(33)30-21-7-3-2-4-8-21)27(34)31(28(32)35)16-15-20-18-29-24-10-6-5-9-23(20)24/h2-14,18,25,29H,15-17H2,1H3,(H,30,33). The summed E-state index contributed by atoms with van der Waals surface area (Å²) in [5.41, 5.74) is 4.81. The molecule has 1 saturated heterocycles. The summed E-state index contributed by atoms with van der Waals surface area (Å²) in [5, 5.41) is 4.46. The summed E-state index contributed by atoms with van der Waals surface area (Å²) in [4.78, 5) is 33.2. The quantitative estimate of drug-likeness (QED) is 0.362. The summed E-state index contributed by atoms with van der Waals surface area (Å²) >= 11 is 5.80. The molecule has 1 aromatic heterocycles. The minimum Gasteiger partial charge on any atom is -0.361 e. The van der Waals surface area contributed by atoms with Gasteiger partial charge in [0.05, 0.1) is 6.42 Å². The van der Waals surface area contributed by atoms with E-state index in [0.717, 1.165) is 27.7 Å². The molecule has 6 nitrogen and oxygen atoms in total. The van der Waals surface area contributed by atoms with Crippen molar-refractivity contribution in [3.63, 3.8) is 0 Å². The number of nitrogens with one attached hydrogen (secondary N) is 2. The molecule has 2 amide bonds. The number of carbonyl (C=O) groups excluding carboxylic acids is 2. The Hall–Kier alpha value is -3.97. The van der Waals surface area contributed by atoms with Gasteiger partial charge < -0.3 is 15.2 Å². The molecule has 35 heavy (non-hydrogen) atoms. The highest BCUT2D eigenvalue weighted by molar-refractivity contribution is 7.80. The summed E-state index contributed by atoms with van der Waals surface area (Å²) in [5.74, 6) is -0.383. The number of anilines is 2. The molecule has 2 N–H and O–H groups in total. The third-order valence-corrected chi connectivity index (χ3v) is 6.74. The lowest BCUT2D eigenvalue weighted by Crippen LogP contribution is -2.38. The molecule has 4 aromatic rings. The van der Waals surface area contributed by atoms with Crippen molar-refractivity contribution in [2.45, 2.75) is 25.8 Å². The number of hydrogen-bond donors (Lipinski definition) is 2. The van der Waals surface area contributed by atoms with Gasteiger partial charge in [-0.15, -0.1) is 0 Å². The number of aryl methyl sites for hydroxylation is 1. The molecule has 0 bridgehead atoms.